The molecule has 0 spiro atoms. The summed E-state index contributed by atoms with van der Waals surface area (Å²) in [5.41, 5.74) is 1.33. The van der Waals surface area contributed by atoms with Gasteiger partial charge in [-0.2, -0.15) is 8.78 Å². The third-order valence-corrected chi connectivity index (χ3v) is 3.98. The summed E-state index contributed by atoms with van der Waals surface area (Å²) in [6.45, 7) is 2.14. The quantitative estimate of drug-likeness (QED) is 0.311. The zero-order valence-electron chi connectivity index (χ0n) is 14.4. The molecule has 0 saturated heterocycles. The van der Waals surface area contributed by atoms with Gasteiger partial charge in [0.1, 0.15) is 0 Å². The van der Waals surface area contributed by atoms with Crippen LogP contribution in [0.4, 0.5) is 8.78 Å². The van der Waals surface area contributed by atoms with Crippen molar-refractivity contribution in [1.82, 2.24) is 0 Å². The summed E-state index contributed by atoms with van der Waals surface area (Å²) in [7, 11) is 0. The van der Waals surface area contributed by atoms with E-state index in [0.717, 1.165) is 44.9 Å². The Labute approximate surface area is 140 Å². The van der Waals surface area contributed by atoms with Gasteiger partial charge in [-0.05, 0) is 37.2 Å². The summed E-state index contributed by atoms with van der Waals surface area (Å²) in [6.07, 6.45) is 9.41. The predicted molar refractivity (Wildman–Crippen MR) is 94.7 cm³/mol. The largest absolute Gasteiger partial charge is 0.308 e. The number of rotatable bonds is 11. The molecule has 1 rings (SSSR count). The lowest BCUT2D eigenvalue weighted by Crippen LogP contribution is -2.12. The predicted octanol–water partition coefficient (Wildman–Crippen LogP) is 6.79. The molecule has 0 nitrogen and oxygen atoms in total. The van der Waals surface area contributed by atoms with Crippen LogP contribution in [0.15, 0.2) is 30.3 Å². The van der Waals surface area contributed by atoms with E-state index in [2.05, 4.69) is 30.9 Å². The molecule has 0 unspecified atom stereocenters. The zero-order valence-corrected chi connectivity index (χ0v) is 14.4. The molecular formula is C21H30F2. The summed E-state index contributed by atoms with van der Waals surface area (Å²) >= 11 is 0. The highest BCUT2D eigenvalue weighted by Gasteiger charge is 2.24. The van der Waals surface area contributed by atoms with Crippen LogP contribution in [-0.2, 0) is 6.42 Å². The van der Waals surface area contributed by atoms with Gasteiger partial charge < -0.3 is 0 Å². The molecule has 0 N–H and O–H groups in total. The van der Waals surface area contributed by atoms with Gasteiger partial charge in [-0.15, -0.1) is 0 Å². The first kappa shape index (κ1) is 19.7. The average molecular weight is 320 g/mol. The highest BCUT2D eigenvalue weighted by Crippen LogP contribution is 2.21. The molecule has 0 atom stereocenters. The molecule has 0 amide bonds. The van der Waals surface area contributed by atoms with Gasteiger partial charge in [0, 0.05) is 12.8 Å². The Kier molecular flexibility index (Phi) is 10.4. The van der Waals surface area contributed by atoms with Crippen LogP contribution in [0.3, 0.4) is 0 Å². The third kappa shape index (κ3) is 10.9. The number of unbranched alkanes of at least 4 members (excludes halogenated alkanes) is 7. The first-order valence-electron chi connectivity index (χ1n) is 9.06. The number of hydrogen-bond donors (Lipinski definition) is 0. The van der Waals surface area contributed by atoms with Gasteiger partial charge in [-0.25, -0.2) is 0 Å². The van der Waals surface area contributed by atoms with Gasteiger partial charge in [0.05, 0.1) is 0 Å². The van der Waals surface area contributed by atoms with Crippen LogP contribution in [0.5, 0.6) is 0 Å². The van der Waals surface area contributed by atoms with E-state index >= 15 is 0 Å². The Morgan fingerprint density at radius 1 is 0.870 bits per heavy atom. The summed E-state index contributed by atoms with van der Waals surface area (Å²) in [4.78, 5) is 0. The van der Waals surface area contributed by atoms with Crippen molar-refractivity contribution >= 4 is 0 Å². The fourth-order valence-corrected chi connectivity index (χ4v) is 2.57. The molecule has 0 saturated carbocycles. The SMILES string of the molecule is CCCCCCC#CC(F)(F)CCCCCCc1ccccc1. The molecule has 0 fully saturated rings. The maximum Gasteiger partial charge on any atom is 0.308 e. The Hall–Kier alpha value is -1.36. The van der Waals surface area contributed by atoms with E-state index in [4.69, 9.17) is 0 Å². The molecule has 23 heavy (non-hydrogen) atoms. The fraction of sp³-hybridized carbons (Fsp3) is 0.619. The second-order valence-electron chi connectivity index (χ2n) is 6.22. The van der Waals surface area contributed by atoms with Crippen LogP contribution in [-0.4, -0.2) is 5.92 Å². The summed E-state index contributed by atoms with van der Waals surface area (Å²) < 4.78 is 27.2. The van der Waals surface area contributed by atoms with Gasteiger partial charge in [0.25, 0.3) is 0 Å². The van der Waals surface area contributed by atoms with E-state index in [-0.39, 0.29) is 6.42 Å². The Morgan fingerprint density at radius 2 is 1.57 bits per heavy atom. The van der Waals surface area contributed by atoms with Crippen LogP contribution in [0.25, 0.3) is 0 Å². The van der Waals surface area contributed by atoms with E-state index in [0.29, 0.717) is 12.8 Å². The molecule has 0 heterocycles. The molecule has 0 aliphatic heterocycles. The van der Waals surface area contributed by atoms with E-state index in [1.54, 1.807) is 0 Å². The van der Waals surface area contributed by atoms with Crippen LogP contribution in [0.2, 0.25) is 0 Å². The third-order valence-electron chi connectivity index (χ3n) is 3.98. The van der Waals surface area contributed by atoms with Crippen molar-refractivity contribution in [3.05, 3.63) is 35.9 Å². The molecule has 128 valence electrons. The van der Waals surface area contributed by atoms with Crippen LogP contribution >= 0.6 is 0 Å². The maximum atomic E-state index is 13.6. The van der Waals surface area contributed by atoms with Crippen molar-refractivity contribution in [2.24, 2.45) is 0 Å². The monoisotopic (exact) mass is 320 g/mol. The fourth-order valence-electron chi connectivity index (χ4n) is 2.57. The molecule has 0 bridgehead atoms. The van der Waals surface area contributed by atoms with E-state index in [1.165, 1.54) is 12.0 Å². The first-order valence-corrected chi connectivity index (χ1v) is 9.06. The summed E-state index contributed by atoms with van der Waals surface area (Å²) in [5.74, 6) is 2.03. The Morgan fingerprint density at radius 3 is 2.30 bits per heavy atom. The molecule has 1 aromatic rings. The molecule has 0 aromatic heterocycles. The highest BCUT2D eigenvalue weighted by atomic mass is 19.3. The van der Waals surface area contributed by atoms with Crippen LogP contribution < -0.4 is 0 Å². The minimum absolute atomic E-state index is 0.0969. The molecule has 0 radical (unpaired) electrons. The van der Waals surface area contributed by atoms with E-state index in [9.17, 15) is 8.78 Å². The van der Waals surface area contributed by atoms with Crippen molar-refractivity contribution in [2.75, 3.05) is 0 Å². The highest BCUT2D eigenvalue weighted by molar-refractivity contribution is 5.14. The van der Waals surface area contributed by atoms with Crippen molar-refractivity contribution in [3.63, 3.8) is 0 Å². The van der Waals surface area contributed by atoms with Crippen molar-refractivity contribution in [2.45, 2.75) is 83.5 Å². The van der Waals surface area contributed by atoms with Crippen LogP contribution in [0.1, 0.15) is 76.7 Å². The first-order chi connectivity index (χ1) is 11.1. The average Bonchev–Trinajstić information content (AvgIpc) is 2.55. The molecular weight excluding hydrogens is 290 g/mol. The van der Waals surface area contributed by atoms with Crippen LogP contribution in [0, 0.1) is 11.8 Å². The van der Waals surface area contributed by atoms with Gasteiger partial charge in [-0.1, -0.05) is 75.3 Å². The lowest BCUT2D eigenvalue weighted by molar-refractivity contribution is 0.0536. The maximum absolute atomic E-state index is 13.6. The Bertz CT molecular complexity index is 454. The van der Waals surface area contributed by atoms with E-state index in [1.807, 2.05) is 18.2 Å². The summed E-state index contributed by atoms with van der Waals surface area (Å²) in [5, 5.41) is 0. The second kappa shape index (κ2) is 12.1. The lowest BCUT2D eigenvalue weighted by Gasteiger charge is -2.09. The molecule has 0 aliphatic rings. The van der Waals surface area contributed by atoms with Crippen molar-refractivity contribution < 1.29 is 8.78 Å². The minimum atomic E-state index is -2.80. The summed E-state index contributed by atoms with van der Waals surface area (Å²) in [6, 6.07) is 10.3. The van der Waals surface area contributed by atoms with E-state index < -0.39 is 5.92 Å². The normalized spacial score (nSPS) is 11.1. The number of halogens is 2. The minimum Gasteiger partial charge on any atom is -0.192 e. The molecule has 0 aliphatic carbocycles. The number of hydrogen-bond acceptors (Lipinski definition) is 0. The molecule has 2 heteroatoms. The topological polar surface area (TPSA) is 0 Å². The second-order valence-corrected chi connectivity index (χ2v) is 6.22. The van der Waals surface area contributed by atoms with Gasteiger partial charge >= 0.3 is 5.92 Å². The zero-order chi connectivity index (χ0) is 16.8. The molecule has 1 aromatic carbocycles. The number of benzene rings is 1. The van der Waals surface area contributed by atoms with Gasteiger partial charge in [0.2, 0.25) is 0 Å². The van der Waals surface area contributed by atoms with Crippen molar-refractivity contribution in [1.29, 1.82) is 0 Å². The number of alkyl halides is 2. The standard InChI is InChI=1S/C21H30F2/c1-2-3-4-5-7-13-18-21(22,23)19-14-8-6-10-15-20-16-11-9-12-17-20/h9,11-12,16-17H,2-8,10,14-15,19H2,1H3. The smallest absolute Gasteiger partial charge is 0.192 e. The van der Waals surface area contributed by atoms with Gasteiger partial charge in [0.15, 0.2) is 0 Å². The lowest BCUT2D eigenvalue weighted by atomic mass is 10.0. The van der Waals surface area contributed by atoms with Crippen molar-refractivity contribution in [3.8, 4) is 11.8 Å². The number of aryl methyl sites for hydroxylation is 1. The Balaban J connectivity index is 2.05. The van der Waals surface area contributed by atoms with Gasteiger partial charge in [-0.3, -0.25) is 0 Å².